The monoisotopic (exact) mass is 442 g/mol. The maximum atomic E-state index is 12.2. The highest BCUT2D eigenvalue weighted by molar-refractivity contribution is 6.41. The molecule has 6 heteroatoms. The SMILES string of the molecule is CC(C)[C@]1(Cl)CC[C@@H]2[C@]3(C)CCC[C@@](C)(C(=O)O)[C@@H]3C[C@H](Cl)[C@]2(Cl)[C@@H]1Cl. The molecule has 3 aliphatic rings. The number of carboxylic acid groups (broad SMARTS) is 1. The van der Waals surface area contributed by atoms with Crippen molar-refractivity contribution in [1.82, 2.24) is 0 Å². The zero-order chi connectivity index (χ0) is 19.7. The molecule has 0 amide bonds. The molecule has 26 heavy (non-hydrogen) atoms. The van der Waals surface area contributed by atoms with Gasteiger partial charge in [-0.05, 0) is 62.2 Å². The van der Waals surface area contributed by atoms with Crippen molar-refractivity contribution in [2.45, 2.75) is 86.7 Å². The smallest absolute Gasteiger partial charge is 0.309 e. The van der Waals surface area contributed by atoms with E-state index < -0.39 is 26.5 Å². The Balaban J connectivity index is 2.08. The molecule has 3 saturated carbocycles. The van der Waals surface area contributed by atoms with Gasteiger partial charge in [0, 0.05) is 0 Å². The van der Waals surface area contributed by atoms with Crippen LogP contribution in [0.3, 0.4) is 0 Å². The van der Waals surface area contributed by atoms with Crippen LogP contribution in [0.15, 0.2) is 0 Å². The fourth-order valence-corrected chi connectivity index (χ4v) is 8.73. The standard InChI is InChI=1S/C20H30Cl4O2/c1-11(2)19(23)9-6-12-17(3)7-5-8-18(4,16(25)26)13(17)10-14(21)20(12,24)15(19)22/h11-15H,5-10H2,1-4H3,(H,25,26)/t12-,13-,14+,15-,17+,18-,19-,20+/m1/s1. The summed E-state index contributed by atoms with van der Waals surface area (Å²) in [6.07, 6.45) is 4.79. The molecule has 3 rings (SSSR count). The Morgan fingerprint density at radius 1 is 1.08 bits per heavy atom. The van der Waals surface area contributed by atoms with E-state index in [2.05, 4.69) is 20.8 Å². The Bertz CT molecular complexity index is 598. The van der Waals surface area contributed by atoms with E-state index in [9.17, 15) is 9.90 Å². The number of rotatable bonds is 2. The molecule has 3 aliphatic carbocycles. The molecule has 0 unspecified atom stereocenters. The second-order valence-electron chi connectivity index (χ2n) is 9.70. The van der Waals surface area contributed by atoms with Crippen LogP contribution in [0.5, 0.6) is 0 Å². The van der Waals surface area contributed by atoms with Gasteiger partial charge in [0.1, 0.15) is 0 Å². The molecule has 2 nitrogen and oxygen atoms in total. The fraction of sp³-hybridized carbons (Fsp3) is 0.950. The molecule has 0 aromatic heterocycles. The quantitative estimate of drug-likeness (QED) is 0.493. The van der Waals surface area contributed by atoms with Crippen molar-refractivity contribution in [3.63, 3.8) is 0 Å². The van der Waals surface area contributed by atoms with E-state index in [1.807, 2.05) is 6.92 Å². The minimum atomic E-state index is -0.810. The molecule has 0 bridgehead atoms. The van der Waals surface area contributed by atoms with Gasteiger partial charge in [0.25, 0.3) is 0 Å². The molecule has 0 aliphatic heterocycles. The third kappa shape index (κ3) is 2.61. The molecule has 8 atom stereocenters. The van der Waals surface area contributed by atoms with Gasteiger partial charge < -0.3 is 5.11 Å². The Labute approximate surface area is 177 Å². The van der Waals surface area contributed by atoms with Crippen molar-refractivity contribution in [3.8, 4) is 0 Å². The number of carbonyl (C=O) groups is 1. The number of fused-ring (bicyclic) bond motifs is 3. The van der Waals surface area contributed by atoms with Crippen LogP contribution in [0.4, 0.5) is 0 Å². The van der Waals surface area contributed by atoms with Crippen LogP contribution in [0.25, 0.3) is 0 Å². The van der Waals surface area contributed by atoms with E-state index in [1.165, 1.54) is 0 Å². The highest BCUT2D eigenvalue weighted by Crippen LogP contribution is 2.69. The molecule has 0 spiro atoms. The van der Waals surface area contributed by atoms with E-state index in [1.54, 1.807) is 0 Å². The summed E-state index contributed by atoms with van der Waals surface area (Å²) in [6.45, 7) is 8.29. The molecule has 0 saturated heterocycles. The van der Waals surface area contributed by atoms with Crippen LogP contribution < -0.4 is 0 Å². The Morgan fingerprint density at radius 3 is 2.23 bits per heavy atom. The summed E-state index contributed by atoms with van der Waals surface area (Å²) in [4.78, 5) is 10.8. The van der Waals surface area contributed by atoms with Crippen molar-refractivity contribution < 1.29 is 9.90 Å². The first-order chi connectivity index (χ1) is 11.8. The van der Waals surface area contributed by atoms with Gasteiger partial charge in [-0.2, -0.15) is 0 Å². The lowest BCUT2D eigenvalue weighted by atomic mass is 9.43. The van der Waals surface area contributed by atoms with Crippen LogP contribution in [0.1, 0.15) is 66.2 Å². The van der Waals surface area contributed by atoms with Crippen LogP contribution in [-0.4, -0.2) is 31.6 Å². The Kier molecular flexibility index (Phi) is 5.40. The second-order valence-corrected chi connectivity index (χ2v) is 12.0. The number of alkyl halides is 4. The van der Waals surface area contributed by atoms with Gasteiger partial charge in [0.2, 0.25) is 0 Å². The molecule has 1 N–H and O–H groups in total. The van der Waals surface area contributed by atoms with Gasteiger partial charge in [0.15, 0.2) is 0 Å². The molecular weight excluding hydrogens is 414 g/mol. The number of hydrogen-bond acceptors (Lipinski definition) is 1. The third-order valence-corrected chi connectivity index (χ3v) is 11.5. The summed E-state index contributed by atoms with van der Waals surface area (Å²) in [5.41, 5.74) is -0.936. The predicted octanol–water partition coefficient (Wildman–Crippen LogP) is 6.52. The average Bonchev–Trinajstić information content (AvgIpc) is 2.54. The van der Waals surface area contributed by atoms with E-state index in [4.69, 9.17) is 46.4 Å². The summed E-state index contributed by atoms with van der Waals surface area (Å²) < 4.78 is 0. The minimum Gasteiger partial charge on any atom is -0.481 e. The predicted molar refractivity (Wildman–Crippen MR) is 110 cm³/mol. The number of halogens is 4. The summed E-state index contributed by atoms with van der Waals surface area (Å²) in [5, 5.41) is 9.15. The molecule has 0 aromatic carbocycles. The largest absolute Gasteiger partial charge is 0.481 e. The highest BCUT2D eigenvalue weighted by Gasteiger charge is 2.70. The third-order valence-electron chi connectivity index (χ3n) is 8.30. The average molecular weight is 444 g/mol. The van der Waals surface area contributed by atoms with Gasteiger partial charge in [0.05, 0.1) is 25.9 Å². The van der Waals surface area contributed by atoms with Gasteiger partial charge in [-0.15, -0.1) is 46.4 Å². The maximum absolute atomic E-state index is 12.2. The first-order valence-electron chi connectivity index (χ1n) is 9.74. The molecular formula is C20H30Cl4O2. The van der Waals surface area contributed by atoms with Gasteiger partial charge in [-0.25, -0.2) is 0 Å². The van der Waals surface area contributed by atoms with Gasteiger partial charge in [-0.3, -0.25) is 4.79 Å². The zero-order valence-corrected chi connectivity index (χ0v) is 19.0. The van der Waals surface area contributed by atoms with E-state index >= 15 is 0 Å². The van der Waals surface area contributed by atoms with Crippen molar-refractivity contribution in [3.05, 3.63) is 0 Å². The lowest BCUT2D eigenvalue weighted by Crippen LogP contribution is -2.70. The first-order valence-corrected chi connectivity index (χ1v) is 11.4. The van der Waals surface area contributed by atoms with Crippen LogP contribution >= 0.6 is 46.4 Å². The Morgan fingerprint density at radius 2 is 1.69 bits per heavy atom. The summed E-state index contributed by atoms with van der Waals surface area (Å²) in [6, 6.07) is 0. The number of aliphatic carboxylic acids is 1. The highest BCUT2D eigenvalue weighted by atomic mass is 35.5. The lowest BCUT2D eigenvalue weighted by Gasteiger charge is -2.66. The van der Waals surface area contributed by atoms with Gasteiger partial charge >= 0.3 is 5.97 Å². The number of carboxylic acids is 1. The zero-order valence-electron chi connectivity index (χ0n) is 16.0. The maximum Gasteiger partial charge on any atom is 0.309 e. The van der Waals surface area contributed by atoms with Crippen molar-refractivity contribution in [2.24, 2.45) is 28.6 Å². The van der Waals surface area contributed by atoms with E-state index in [-0.39, 0.29) is 28.5 Å². The second kappa shape index (κ2) is 6.57. The van der Waals surface area contributed by atoms with E-state index in [0.717, 1.165) is 25.7 Å². The minimum absolute atomic E-state index is 0.00590. The summed E-state index contributed by atoms with van der Waals surface area (Å²) in [5.74, 6) is -0.448. The van der Waals surface area contributed by atoms with E-state index in [0.29, 0.717) is 12.8 Å². The number of hydrogen-bond donors (Lipinski definition) is 1. The van der Waals surface area contributed by atoms with Gasteiger partial charge in [-0.1, -0.05) is 27.2 Å². The molecule has 3 fully saturated rings. The summed E-state index contributed by atoms with van der Waals surface area (Å²) >= 11 is 28.2. The topological polar surface area (TPSA) is 37.3 Å². The van der Waals surface area contributed by atoms with Crippen LogP contribution in [0.2, 0.25) is 0 Å². The molecule has 0 radical (unpaired) electrons. The molecule has 0 aromatic rings. The van der Waals surface area contributed by atoms with Crippen molar-refractivity contribution in [1.29, 1.82) is 0 Å². The van der Waals surface area contributed by atoms with Crippen molar-refractivity contribution in [2.75, 3.05) is 0 Å². The van der Waals surface area contributed by atoms with Crippen LogP contribution in [-0.2, 0) is 4.79 Å². The van der Waals surface area contributed by atoms with Crippen molar-refractivity contribution >= 4 is 52.4 Å². The summed E-state index contributed by atoms with van der Waals surface area (Å²) in [7, 11) is 0. The Hall–Kier alpha value is 0.630. The normalized spacial score (nSPS) is 54.5. The van der Waals surface area contributed by atoms with Crippen LogP contribution in [0, 0.1) is 28.6 Å². The molecule has 0 heterocycles. The molecule has 150 valence electrons. The fourth-order valence-electron chi connectivity index (χ4n) is 6.55. The lowest BCUT2D eigenvalue weighted by molar-refractivity contribution is -0.170. The first kappa shape index (κ1) is 21.3.